The van der Waals surface area contributed by atoms with Crippen molar-refractivity contribution in [3.63, 3.8) is 0 Å². The van der Waals surface area contributed by atoms with Crippen LogP contribution in [0.1, 0.15) is 51.3 Å². The lowest BCUT2D eigenvalue weighted by atomic mass is 9.85. The van der Waals surface area contributed by atoms with Crippen molar-refractivity contribution < 1.29 is 29.4 Å². The number of amides is 4. The number of thiazole rings is 1. The number of aromatic nitrogens is 4. The molecule has 3 aromatic heterocycles. The van der Waals surface area contributed by atoms with Crippen molar-refractivity contribution in [2.24, 2.45) is 5.41 Å². The average molecular weight is 789 g/mol. The molecule has 0 saturated carbocycles. The third-order valence-corrected chi connectivity index (χ3v) is 11.1. The van der Waals surface area contributed by atoms with Gasteiger partial charge in [-0.05, 0) is 59.9 Å². The minimum atomic E-state index is -1.02. The van der Waals surface area contributed by atoms with Gasteiger partial charge >= 0.3 is 0 Å². The lowest BCUT2D eigenvalue weighted by molar-refractivity contribution is -0.144. The number of β-amino-alcohol motifs (C(OH)–C–C–N with tert-alkyl or cyclic N) is 1. The molecule has 1 aliphatic heterocycles. The Labute approximate surface area is 332 Å². The number of aromatic amines is 1. The van der Waals surface area contributed by atoms with E-state index in [0.29, 0.717) is 22.6 Å². The summed E-state index contributed by atoms with van der Waals surface area (Å²) < 4.78 is 0. The third kappa shape index (κ3) is 8.64. The SMILES string of the molecule is Cc1ncsc1-c1ccc(CNC(=O)[C@@H]2C[C@@H](O)CN2C(=O)[C@@H](NC(=O)CCC(=O)Nc2ccc3[nH]c4nnc(-c5ccccc5O)cc4c3c2)C(C)(C)C)cc1. The first-order chi connectivity index (χ1) is 27.2. The number of likely N-dealkylation sites (tertiary alicyclic amines) is 1. The summed E-state index contributed by atoms with van der Waals surface area (Å²) in [7, 11) is 0. The van der Waals surface area contributed by atoms with Crippen molar-refractivity contribution in [1.29, 1.82) is 0 Å². The molecular weight excluding hydrogens is 745 g/mol. The standard InChI is InChI=1S/C42H44N8O6S/c1-23-37(57-22-44-23)25-11-9-24(10-12-25)20-43-40(55)33-18-27(51)21-50(33)41(56)38(42(2,3)4)47-36(54)16-15-35(53)45-26-13-14-31-29(17-26)30-19-32(48-49-39(30)46-31)28-7-5-6-8-34(28)52/h5-14,17,19,22,27,33,38,51-52H,15-16,18,20-21H2,1-4H3,(H,43,55)(H,45,53)(H,46,49)(H,47,54)/t27-,33+,38-/m1/s1. The first-order valence-corrected chi connectivity index (χ1v) is 19.6. The Morgan fingerprint density at radius 2 is 1.72 bits per heavy atom. The van der Waals surface area contributed by atoms with Crippen LogP contribution in [0.25, 0.3) is 43.6 Å². The number of hydrogen-bond donors (Lipinski definition) is 6. The number of aliphatic hydroxyl groups excluding tert-OH is 1. The molecule has 0 aliphatic carbocycles. The van der Waals surface area contributed by atoms with E-state index >= 15 is 0 Å². The van der Waals surface area contributed by atoms with Crippen LogP contribution in [0.4, 0.5) is 5.69 Å². The lowest BCUT2D eigenvalue weighted by Gasteiger charge is -2.35. The van der Waals surface area contributed by atoms with Crippen LogP contribution < -0.4 is 16.0 Å². The van der Waals surface area contributed by atoms with Gasteiger partial charge in [0.05, 0.1) is 27.9 Å². The molecule has 7 rings (SSSR count). The molecule has 4 amide bonds. The molecule has 3 aromatic carbocycles. The van der Waals surface area contributed by atoms with Gasteiger partial charge in [-0.2, -0.15) is 0 Å². The molecule has 15 heteroatoms. The van der Waals surface area contributed by atoms with E-state index in [2.05, 4.69) is 36.1 Å². The number of carbonyl (C=O) groups is 4. The molecule has 6 aromatic rings. The average Bonchev–Trinajstić information content (AvgIpc) is 3.90. The van der Waals surface area contributed by atoms with Crippen molar-refractivity contribution >= 4 is 62.6 Å². The van der Waals surface area contributed by atoms with E-state index in [0.717, 1.165) is 38.0 Å². The largest absolute Gasteiger partial charge is 0.507 e. The van der Waals surface area contributed by atoms with Crippen LogP contribution in [0.3, 0.4) is 0 Å². The lowest BCUT2D eigenvalue weighted by Crippen LogP contribution is -2.57. The third-order valence-electron chi connectivity index (χ3n) is 10.1. The Morgan fingerprint density at radius 3 is 2.44 bits per heavy atom. The number of nitrogens with zero attached hydrogens (tertiary/aromatic N) is 4. The summed E-state index contributed by atoms with van der Waals surface area (Å²) in [5.74, 6) is -1.69. The summed E-state index contributed by atoms with van der Waals surface area (Å²) in [6, 6.07) is 19.9. The van der Waals surface area contributed by atoms with Gasteiger partial charge in [-0.1, -0.05) is 57.2 Å². The second-order valence-corrected chi connectivity index (χ2v) is 16.2. The molecule has 0 unspecified atom stereocenters. The van der Waals surface area contributed by atoms with Crippen molar-refractivity contribution in [1.82, 2.24) is 35.7 Å². The fourth-order valence-corrected chi connectivity index (χ4v) is 7.87. The highest BCUT2D eigenvalue weighted by Crippen LogP contribution is 2.33. The molecule has 0 radical (unpaired) electrons. The summed E-state index contributed by atoms with van der Waals surface area (Å²) in [5.41, 5.74) is 6.80. The molecular formula is C42H44N8O6S. The quantitative estimate of drug-likeness (QED) is 0.0988. The normalized spacial score (nSPS) is 16.1. The Morgan fingerprint density at radius 1 is 0.965 bits per heavy atom. The minimum absolute atomic E-state index is 0.0476. The summed E-state index contributed by atoms with van der Waals surface area (Å²) in [4.78, 5) is 63.7. The van der Waals surface area contributed by atoms with Gasteiger partial charge in [-0.15, -0.1) is 21.5 Å². The number of rotatable bonds is 11. The van der Waals surface area contributed by atoms with E-state index in [-0.39, 0.29) is 38.1 Å². The van der Waals surface area contributed by atoms with Crippen molar-refractivity contribution in [2.45, 2.75) is 71.7 Å². The molecule has 1 aliphatic rings. The number of para-hydroxylation sites is 1. The molecule has 0 spiro atoms. The number of hydrogen-bond acceptors (Lipinski definition) is 10. The van der Waals surface area contributed by atoms with Crippen LogP contribution in [-0.4, -0.2) is 83.6 Å². The molecule has 57 heavy (non-hydrogen) atoms. The predicted molar refractivity (Wildman–Crippen MR) is 218 cm³/mol. The molecule has 6 N–H and O–H groups in total. The van der Waals surface area contributed by atoms with Crippen LogP contribution in [-0.2, 0) is 25.7 Å². The van der Waals surface area contributed by atoms with E-state index in [1.54, 1.807) is 74.0 Å². The maximum Gasteiger partial charge on any atom is 0.246 e. The minimum Gasteiger partial charge on any atom is -0.507 e. The van der Waals surface area contributed by atoms with Gasteiger partial charge in [0.2, 0.25) is 23.6 Å². The number of benzene rings is 3. The number of aryl methyl sites for hydroxylation is 1. The molecule has 1 saturated heterocycles. The van der Waals surface area contributed by atoms with Crippen LogP contribution in [0.5, 0.6) is 5.75 Å². The number of aliphatic hydroxyl groups is 1. The number of phenolic OH excluding ortho intramolecular Hbond substituents is 1. The predicted octanol–water partition coefficient (Wildman–Crippen LogP) is 5.44. The number of nitrogens with one attached hydrogen (secondary N) is 4. The monoisotopic (exact) mass is 788 g/mol. The molecule has 1 fully saturated rings. The van der Waals surface area contributed by atoms with Gasteiger partial charge in [0.25, 0.3) is 0 Å². The van der Waals surface area contributed by atoms with E-state index in [4.69, 9.17) is 0 Å². The van der Waals surface area contributed by atoms with Gasteiger partial charge in [0, 0.05) is 59.9 Å². The molecule has 3 atom stereocenters. The maximum atomic E-state index is 14.0. The van der Waals surface area contributed by atoms with E-state index in [1.807, 2.05) is 43.3 Å². The fraction of sp³-hybridized carbons (Fsp3) is 0.310. The summed E-state index contributed by atoms with van der Waals surface area (Å²) in [6.45, 7) is 7.56. The number of aromatic hydroxyl groups is 1. The van der Waals surface area contributed by atoms with Crippen LogP contribution >= 0.6 is 11.3 Å². The van der Waals surface area contributed by atoms with Crippen molar-refractivity contribution in [2.75, 3.05) is 11.9 Å². The zero-order valence-corrected chi connectivity index (χ0v) is 32.8. The van der Waals surface area contributed by atoms with Crippen molar-refractivity contribution in [3.8, 4) is 27.4 Å². The van der Waals surface area contributed by atoms with Crippen LogP contribution in [0, 0.1) is 12.3 Å². The molecule has 14 nitrogen and oxygen atoms in total. The highest BCUT2D eigenvalue weighted by Gasteiger charge is 2.44. The summed E-state index contributed by atoms with van der Waals surface area (Å²) >= 11 is 1.56. The second kappa shape index (κ2) is 16.1. The van der Waals surface area contributed by atoms with Crippen LogP contribution in [0.15, 0.2) is 78.3 Å². The van der Waals surface area contributed by atoms with Crippen LogP contribution in [0.2, 0.25) is 0 Å². The van der Waals surface area contributed by atoms with Crippen molar-refractivity contribution in [3.05, 3.63) is 89.6 Å². The number of fused-ring (bicyclic) bond motifs is 3. The van der Waals surface area contributed by atoms with Gasteiger partial charge in [-0.25, -0.2) is 4.98 Å². The maximum absolute atomic E-state index is 14.0. The Hall–Kier alpha value is -6.19. The van der Waals surface area contributed by atoms with Gasteiger partial charge in [0.15, 0.2) is 5.65 Å². The Balaban J connectivity index is 0.958. The highest BCUT2D eigenvalue weighted by atomic mass is 32.1. The number of carbonyl (C=O) groups excluding carboxylic acids is 4. The Bertz CT molecular complexity index is 2470. The summed E-state index contributed by atoms with van der Waals surface area (Å²) in [6.07, 6.45) is -1.16. The van der Waals surface area contributed by atoms with E-state index in [1.165, 1.54) is 4.90 Å². The van der Waals surface area contributed by atoms with E-state index < -0.39 is 47.2 Å². The van der Waals surface area contributed by atoms with Gasteiger partial charge < -0.3 is 36.0 Å². The Kier molecular flexibility index (Phi) is 11.0. The first kappa shape index (κ1) is 39.1. The zero-order chi connectivity index (χ0) is 40.4. The van der Waals surface area contributed by atoms with Gasteiger partial charge in [0.1, 0.15) is 17.8 Å². The topological polar surface area (TPSA) is 203 Å². The number of phenols is 1. The summed E-state index contributed by atoms with van der Waals surface area (Å²) in [5, 5.41) is 39.5. The second-order valence-electron chi connectivity index (χ2n) is 15.4. The van der Waals surface area contributed by atoms with E-state index in [9.17, 15) is 29.4 Å². The molecule has 0 bridgehead atoms. The highest BCUT2D eigenvalue weighted by molar-refractivity contribution is 7.13. The molecule has 294 valence electrons. The number of H-pyrrole nitrogens is 1. The molecule has 4 heterocycles. The smallest absolute Gasteiger partial charge is 0.246 e. The zero-order valence-electron chi connectivity index (χ0n) is 32.0. The number of anilines is 1. The van der Waals surface area contributed by atoms with Gasteiger partial charge in [-0.3, -0.25) is 19.2 Å². The fourth-order valence-electron chi connectivity index (χ4n) is 7.06. The first-order valence-electron chi connectivity index (χ1n) is 18.7.